The number of piperidine rings is 1. The normalized spacial score (nSPS) is 15.3. The highest BCUT2D eigenvalue weighted by atomic mass is 16.4. The van der Waals surface area contributed by atoms with Crippen molar-refractivity contribution in [2.45, 2.75) is 95.4 Å². The zero-order valence-corrected chi connectivity index (χ0v) is 31.6. The molecule has 0 aromatic heterocycles. The first-order chi connectivity index (χ1) is 25.9. The number of likely N-dealkylation sites (tertiary alicyclic amines) is 1. The molecule has 1 aliphatic rings. The largest absolute Gasteiger partial charge is 0.480 e. The standard InChI is InChI=1S/C39H58N8O7/c1-26(2)22-32(46-37(52)33(24-28-14-8-5-9-15-28)45-35(50)30(40)23-27-12-6-4-7-13-27)36(51)44-31(16-10-11-19-42-25-34(48)49)38(53)47-20-17-29(18-21-47)43-39(54)41-3/h4-9,12-15,26,29-33,42H,10-11,16-25,40H2,1-3H3,(H,44,51)(H,45,50)(H,46,52)(H,48,49)(H2,41,43,54)/t30-,31-,32-,33-/m1/s1. The van der Waals surface area contributed by atoms with E-state index in [4.69, 9.17) is 10.8 Å². The van der Waals surface area contributed by atoms with Gasteiger partial charge in [-0.15, -0.1) is 0 Å². The zero-order valence-electron chi connectivity index (χ0n) is 31.6. The molecule has 3 rings (SSSR count). The van der Waals surface area contributed by atoms with Crippen LogP contribution in [-0.2, 0) is 36.8 Å². The molecule has 9 N–H and O–H groups in total. The molecule has 0 bridgehead atoms. The van der Waals surface area contributed by atoms with Crippen molar-refractivity contribution in [2.24, 2.45) is 11.7 Å². The second-order valence-corrected chi connectivity index (χ2v) is 14.2. The lowest BCUT2D eigenvalue weighted by Crippen LogP contribution is -2.59. The fourth-order valence-electron chi connectivity index (χ4n) is 6.32. The van der Waals surface area contributed by atoms with Crippen LogP contribution in [0, 0.1) is 5.92 Å². The van der Waals surface area contributed by atoms with E-state index >= 15 is 0 Å². The zero-order chi connectivity index (χ0) is 39.5. The van der Waals surface area contributed by atoms with Crippen LogP contribution in [0.3, 0.4) is 0 Å². The molecule has 15 heteroatoms. The molecule has 0 aliphatic carbocycles. The summed E-state index contributed by atoms with van der Waals surface area (Å²) < 4.78 is 0. The van der Waals surface area contributed by atoms with Gasteiger partial charge in [0.25, 0.3) is 0 Å². The molecule has 2 aromatic rings. The number of urea groups is 1. The molecule has 296 valence electrons. The van der Waals surface area contributed by atoms with Gasteiger partial charge in [0.05, 0.1) is 12.6 Å². The summed E-state index contributed by atoms with van der Waals surface area (Å²) in [6.07, 6.45) is 3.20. The second kappa shape index (κ2) is 22.9. The number of unbranched alkanes of at least 4 members (excludes halogenated alkanes) is 1. The quantitative estimate of drug-likeness (QED) is 0.0854. The van der Waals surface area contributed by atoms with Crippen LogP contribution in [0.4, 0.5) is 4.79 Å². The molecule has 1 fully saturated rings. The van der Waals surface area contributed by atoms with Gasteiger partial charge in [0.15, 0.2) is 0 Å². The Kier molecular flexibility index (Phi) is 18.4. The summed E-state index contributed by atoms with van der Waals surface area (Å²) in [6.45, 7) is 4.86. The van der Waals surface area contributed by atoms with E-state index in [1.165, 1.54) is 7.05 Å². The summed E-state index contributed by atoms with van der Waals surface area (Å²) in [6, 6.07) is 14.3. The minimum absolute atomic E-state index is 0.0104. The number of rotatable bonds is 21. The van der Waals surface area contributed by atoms with Crippen molar-refractivity contribution in [1.29, 1.82) is 0 Å². The molecule has 2 aromatic carbocycles. The molecular weight excluding hydrogens is 692 g/mol. The number of carbonyl (C=O) groups is 6. The SMILES string of the molecule is CNC(=O)NC1CCN(C(=O)[C@@H](CCCCNCC(=O)O)NC(=O)[C@@H](CC(C)C)NC(=O)[C@@H](Cc2ccccc2)NC(=O)[C@H](N)Cc2ccccc2)CC1. The number of aliphatic carboxylic acids is 1. The number of nitrogens with one attached hydrogen (secondary N) is 6. The van der Waals surface area contributed by atoms with E-state index in [1.54, 1.807) is 4.90 Å². The first-order valence-electron chi connectivity index (χ1n) is 18.8. The summed E-state index contributed by atoms with van der Waals surface area (Å²) in [5, 5.41) is 25.8. The molecule has 1 aliphatic heterocycles. The first-order valence-corrected chi connectivity index (χ1v) is 18.8. The Hall–Kier alpha value is -5.02. The number of carbonyl (C=O) groups excluding carboxylic acids is 5. The van der Waals surface area contributed by atoms with Crippen LogP contribution in [0.15, 0.2) is 60.7 Å². The highest BCUT2D eigenvalue weighted by Gasteiger charge is 2.33. The molecule has 1 heterocycles. The minimum atomic E-state index is -1.04. The van der Waals surface area contributed by atoms with Gasteiger partial charge in [-0.05, 0) is 68.5 Å². The van der Waals surface area contributed by atoms with E-state index in [-0.39, 0.29) is 49.7 Å². The predicted molar refractivity (Wildman–Crippen MR) is 205 cm³/mol. The summed E-state index contributed by atoms with van der Waals surface area (Å²) in [4.78, 5) is 79.6. The molecule has 6 amide bonds. The Morgan fingerprint density at radius 2 is 1.33 bits per heavy atom. The van der Waals surface area contributed by atoms with Crippen molar-refractivity contribution in [3.63, 3.8) is 0 Å². The number of amides is 6. The van der Waals surface area contributed by atoms with Gasteiger partial charge in [-0.2, -0.15) is 0 Å². The lowest BCUT2D eigenvalue weighted by Gasteiger charge is -2.35. The molecule has 1 saturated heterocycles. The lowest BCUT2D eigenvalue weighted by molar-refractivity contribution is -0.139. The Morgan fingerprint density at radius 3 is 1.91 bits per heavy atom. The second-order valence-electron chi connectivity index (χ2n) is 14.2. The van der Waals surface area contributed by atoms with Gasteiger partial charge in [-0.3, -0.25) is 24.0 Å². The van der Waals surface area contributed by atoms with E-state index < -0.39 is 47.9 Å². The molecule has 0 spiro atoms. The summed E-state index contributed by atoms with van der Waals surface area (Å²) >= 11 is 0. The number of benzene rings is 2. The average Bonchev–Trinajstić information content (AvgIpc) is 3.15. The van der Waals surface area contributed by atoms with E-state index in [9.17, 15) is 28.8 Å². The third-order valence-electron chi connectivity index (χ3n) is 9.25. The summed E-state index contributed by atoms with van der Waals surface area (Å²) in [7, 11) is 1.54. The number of hydrogen-bond acceptors (Lipinski definition) is 8. The van der Waals surface area contributed by atoms with Crippen LogP contribution in [0.5, 0.6) is 0 Å². The lowest BCUT2D eigenvalue weighted by atomic mass is 9.99. The molecular formula is C39H58N8O7. The summed E-state index contributed by atoms with van der Waals surface area (Å²) in [5.41, 5.74) is 7.95. The molecule has 54 heavy (non-hydrogen) atoms. The van der Waals surface area contributed by atoms with Crippen molar-refractivity contribution in [1.82, 2.24) is 36.8 Å². The Balaban J connectivity index is 1.75. The van der Waals surface area contributed by atoms with Crippen LogP contribution < -0.4 is 37.6 Å². The van der Waals surface area contributed by atoms with E-state index in [0.717, 1.165) is 11.1 Å². The highest BCUT2D eigenvalue weighted by molar-refractivity contribution is 5.95. The highest BCUT2D eigenvalue weighted by Crippen LogP contribution is 2.15. The van der Waals surface area contributed by atoms with Gasteiger partial charge in [-0.25, -0.2) is 4.79 Å². The third-order valence-corrected chi connectivity index (χ3v) is 9.25. The fraction of sp³-hybridized carbons (Fsp3) is 0.538. The van der Waals surface area contributed by atoms with Crippen LogP contribution in [0.1, 0.15) is 63.5 Å². The Bertz CT molecular complexity index is 1500. The Morgan fingerprint density at radius 1 is 0.778 bits per heavy atom. The molecule has 0 radical (unpaired) electrons. The number of carboxylic acids is 1. The van der Waals surface area contributed by atoms with Gasteiger partial charge in [0.2, 0.25) is 23.6 Å². The van der Waals surface area contributed by atoms with Crippen LogP contribution in [0.2, 0.25) is 0 Å². The van der Waals surface area contributed by atoms with Gasteiger partial charge < -0.3 is 47.6 Å². The van der Waals surface area contributed by atoms with E-state index in [1.807, 2.05) is 74.5 Å². The van der Waals surface area contributed by atoms with Crippen LogP contribution in [-0.4, -0.2) is 109 Å². The number of nitrogens with two attached hydrogens (primary N) is 1. The number of hydrogen-bond donors (Lipinski definition) is 8. The van der Waals surface area contributed by atoms with Crippen molar-refractivity contribution in [3.8, 4) is 0 Å². The van der Waals surface area contributed by atoms with Gasteiger partial charge in [0.1, 0.15) is 18.1 Å². The van der Waals surface area contributed by atoms with Crippen LogP contribution in [0.25, 0.3) is 0 Å². The van der Waals surface area contributed by atoms with Gasteiger partial charge >= 0.3 is 12.0 Å². The average molecular weight is 751 g/mol. The smallest absolute Gasteiger partial charge is 0.317 e. The number of carboxylic acid groups (broad SMARTS) is 1. The number of nitrogens with zero attached hydrogens (tertiary/aromatic N) is 1. The van der Waals surface area contributed by atoms with Gasteiger partial charge in [-0.1, -0.05) is 74.5 Å². The topological polar surface area (TPSA) is 224 Å². The van der Waals surface area contributed by atoms with E-state index in [0.29, 0.717) is 51.7 Å². The molecule has 4 atom stereocenters. The fourth-order valence-corrected chi connectivity index (χ4v) is 6.32. The maximum atomic E-state index is 14.0. The first kappa shape index (κ1) is 43.4. The third kappa shape index (κ3) is 15.5. The predicted octanol–water partition coefficient (Wildman–Crippen LogP) is 1.06. The van der Waals surface area contributed by atoms with Crippen molar-refractivity contribution in [3.05, 3.63) is 71.8 Å². The molecule has 15 nitrogen and oxygen atoms in total. The van der Waals surface area contributed by atoms with Crippen molar-refractivity contribution >= 4 is 35.6 Å². The molecule has 0 unspecified atom stereocenters. The monoisotopic (exact) mass is 750 g/mol. The summed E-state index contributed by atoms with van der Waals surface area (Å²) in [5.74, 6) is -2.83. The van der Waals surface area contributed by atoms with Gasteiger partial charge in [0, 0.05) is 32.6 Å². The maximum absolute atomic E-state index is 14.0. The van der Waals surface area contributed by atoms with E-state index in [2.05, 4.69) is 31.9 Å². The minimum Gasteiger partial charge on any atom is -0.480 e. The molecule has 0 saturated carbocycles. The van der Waals surface area contributed by atoms with Crippen molar-refractivity contribution < 1.29 is 33.9 Å². The van der Waals surface area contributed by atoms with Crippen LogP contribution >= 0.6 is 0 Å². The van der Waals surface area contributed by atoms with Crippen molar-refractivity contribution in [2.75, 3.05) is 33.2 Å². The Labute approximate surface area is 317 Å². The maximum Gasteiger partial charge on any atom is 0.317 e.